The first-order valence-electron chi connectivity index (χ1n) is 5.01. The molecule has 1 heterocycles. The Hall–Kier alpha value is -2.10. The zero-order valence-electron chi connectivity index (χ0n) is 9.18. The summed E-state index contributed by atoms with van der Waals surface area (Å²) in [5.41, 5.74) is 2.12. The fraction of sp³-hybridized carbons (Fsp3) is 0.167. The summed E-state index contributed by atoms with van der Waals surface area (Å²) in [6.07, 6.45) is 1.85. The van der Waals surface area contributed by atoms with Gasteiger partial charge in [0.2, 0.25) is 5.69 Å². The van der Waals surface area contributed by atoms with E-state index in [9.17, 15) is 5.11 Å². The Balaban J connectivity index is 2.59. The van der Waals surface area contributed by atoms with Crippen molar-refractivity contribution in [3.8, 4) is 11.6 Å². The van der Waals surface area contributed by atoms with Crippen LogP contribution in [0.25, 0.3) is 11.3 Å². The highest BCUT2D eigenvalue weighted by Crippen LogP contribution is 2.18. The van der Waals surface area contributed by atoms with E-state index in [0.29, 0.717) is 5.69 Å². The highest BCUT2D eigenvalue weighted by atomic mass is 16.6. The van der Waals surface area contributed by atoms with Crippen LogP contribution in [0.2, 0.25) is 0 Å². The lowest BCUT2D eigenvalue weighted by Gasteiger charge is -1.96. The second-order valence-corrected chi connectivity index (χ2v) is 3.43. The molecule has 0 N–H and O–H groups in total. The Morgan fingerprint density at radius 1 is 1.38 bits per heavy atom. The zero-order chi connectivity index (χ0) is 11.5. The van der Waals surface area contributed by atoms with E-state index in [1.165, 1.54) is 4.68 Å². The van der Waals surface area contributed by atoms with Crippen molar-refractivity contribution in [2.75, 3.05) is 0 Å². The van der Waals surface area contributed by atoms with Gasteiger partial charge >= 0.3 is 0 Å². The molecule has 82 valence electrons. The minimum absolute atomic E-state index is 0.417. The third-order valence-corrected chi connectivity index (χ3v) is 2.42. The largest absolute Gasteiger partial charge is 0.539 e. The molecule has 0 aliphatic rings. The van der Waals surface area contributed by atoms with E-state index in [2.05, 4.69) is 9.79 Å². The molecule has 0 spiro atoms. The van der Waals surface area contributed by atoms with Crippen LogP contribution in [0.4, 0.5) is 0 Å². The number of aromatic nitrogens is 2. The van der Waals surface area contributed by atoms with E-state index in [1.807, 2.05) is 50.3 Å². The summed E-state index contributed by atoms with van der Waals surface area (Å²) < 4.78 is 6.20. The lowest BCUT2D eigenvalue weighted by atomic mass is 10.2. The van der Waals surface area contributed by atoms with E-state index in [1.54, 1.807) is 0 Å². The highest BCUT2D eigenvalue weighted by molar-refractivity contribution is 5.60. The van der Waals surface area contributed by atoms with E-state index in [4.69, 9.17) is 0 Å². The maximum atomic E-state index is 11.5. The van der Waals surface area contributed by atoms with Gasteiger partial charge in [-0.25, -0.2) is 0 Å². The van der Waals surface area contributed by atoms with Gasteiger partial charge in [-0.3, -0.25) is 0 Å². The average Bonchev–Trinajstić information content (AvgIpc) is 2.71. The maximum absolute atomic E-state index is 11.5. The van der Waals surface area contributed by atoms with Crippen molar-refractivity contribution in [1.82, 2.24) is 5.27 Å². The Bertz CT molecular complexity index is 515. The summed E-state index contributed by atoms with van der Waals surface area (Å²) in [6, 6.07) is 9.42. The molecule has 0 bridgehead atoms. The molecule has 1 aromatic carbocycles. The molecule has 0 unspecified atom stereocenters. The third-order valence-electron chi connectivity index (χ3n) is 2.42. The summed E-state index contributed by atoms with van der Waals surface area (Å²) in [4.78, 5) is 0. The van der Waals surface area contributed by atoms with Crippen molar-refractivity contribution in [1.29, 1.82) is 0 Å². The molecule has 0 atom stereocenters. The van der Waals surface area contributed by atoms with Gasteiger partial charge in [-0.15, -0.1) is 0 Å². The molecule has 1 aromatic heterocycles. The van der Waals surface area contributed by atoms with Crippen LogP contribution in [0.3, 0.4) is 0 Å². The van der Waals surface area contributed by atoms with Crippen LogP contribution in [-0.2, 0) is 0 Å². The molecular weight excluding hydrogens is 204 g/mol. The lowest BCUT2D eigenvalue weighted by Crippen LogP contribution is -2.36. The van der Waals surface area contributed by atoms with Gasteiger partial charge in [0.25, 0.3) is 5.69 Å². The van der Waals surface area contributed by atoms with Gasteiger partial charge in [0.15, 0.2) is 5.95 Å². The Labute approximate surface area is 93.4 Å². The van der Waals surface area contributed by atoms with Gasteiger partial charge in [0.05, 0.1) is 5.27 Å². The first-order chi connectivity index (χ1) is 7.74. The number of hydrogen-bond acceptors (Lipinski definition) is 3. The Morgan fingerprint density at radius 2 is 2.06 bits per heavy atom. The molecule has 4 heteroatoms. The van der Waals surface area contributed by atoms with Crippen molar-refractivity contribution in [3.63, 3.8) is 0 Å². The lowest BCUT2D eigenvalue weighted by molar-refractivity contribution is -0.672. The van der Waals surface area contributed by atoms with E-state index in [-0.39, 0.29) is 0 Å². The van der Waals surface area contributed by atoms with E-state index >= 15 is 0 Å². The second kappa shape index (κ2) is 4.18. The van der Waals surface area contributed by atoms with Crippen molar-refractivity contribution in [2.24, 2.45) is 0 Å². The van der Waals surface area contributed by atoms with Crippen LogP contribution in [0.5, 0.6) is 5.95 Å². The Kier molecular flexibility index (Phi) is 2.72. The maximum Gasteiger partial charge on any atom is 0.266 e. The SMILES string of the molecule is C/C=C(\C)c1c([O-])on[n+]1-c1ccccc1. The predicted molar refractivity (Wildman–Crippen MR) is 56.8 cm³/mol. The summed E-state index contributed by atoms with van der Waals surface area (Å²) in [5, 5.41) is 15.3. The molecule has 2 aromatic rings. The summed E-state index contributed by atoms with van der Waals surface area (Å²) in [6.45, 7) is 3.73. The van der Waals surface area contributed by atoms with Gasteiger partial charge in [-0.05, 0) is 18.5 Å². The molecule has 4 nitrogen and oxygen atoms in total. The predicted octanol–water partition coefficient (Wildman–Crippen LogP) is 1.45. The molecule has 2 rings (SSSR count). The molecule has 0 radical (unpaired) electrons. The van der Waals surface area contributed by atoms with Crippen LogP contribution in [0.1, 0.15) is 19.5 Å². The average molecular weight is 216 g/mol. The van der Waals surface area contributed by atoms with Crippen molar-refractivity contribution >= 4 is 5.57 Å². The first kappa shape index (κ1) is 10.4. The van der Waals surface area contributed by atoms with Crippen LogP contribution in [0.15, 0.2) is 40.9 Å². The molecule has 0 fully saturated rings. The summed E-state index contributed by atoms with van der Waals surface area (Å²) >= 11 is 0. The number of nitrogens with zero attached hydrogens (tertiary/aromatic N) is 2. The van der Waals surface area contributed by atoms with Crippen LogP contribution in [0, 0.1) is 0 Å². The summed E-state index contributed by atoms with van der Waals surface area (Å²) in [5.74, 6) is -0.417. The van der Waals surface area contributed by atoms with Crippen molar-refractivity contribution in [2.45, 2.75) is 13.8 Å². The van der Waals surface area contributed by atoms with Crippen LogP contribution < -0.4 is 9.79 Å². The topological polar surface area (TPSA) is 53.0 Å². The minimum Gasteiger partial charge on any atom is -0.539 e. The smallest absolute Gasteiger partial charge is 0.266 e. The second-order valence-electron chi connectivity index (χ2n) is 3.43. The monoisotopic (exact) mass is 216 g/mol. The van der Waals surface area contributed by atoms with Crippen molar-refractivity contribution in [3.05, 3.63) is 42.1 Å². The number of hydrogen-bond donors (Lipinski definition) is 0. The van der Waals surface area contributed by atoms with Crippen LogP contribution in [-0.4, -0.2) is 5.27 Å². The zero-order valence-corrected chi connectivity index (χ0v) is 9.18. The molecule has 0 aliphatic carbocycles. The molecule has 0 amide bonds. The number of para-hydroxylation sites is 1. The summed E-state index contributed by atoms with van der Waals surface area (Å²) in [7, 11) is 0. The Morgan fingerprint density at radius 3 is 2.69 bits per heavy atom. The van der Waals surface area contributed by atoms with E-state index in [0.717, 1.165) is 11.3 Å². The minimum atomic E-state index is -0.417. The molecular formula is C12H12N2O2. The number of benzene rings is 1. The highest BCUT2D eigenvalue weighted by Gasteiger charge is 2.20. The third kappa shape index (κ3) is 1.69. The van der Waals surface area contributed by atoms with Crippen molar-refractivity contribution < 1.29 is 14.3 Å². The van der Waals surface area contributed by atoms with E-state index < -0.39 is 5.95 Å². The number of allylic oxidation sites excluding steroid dienone is 2. The quantitative estimate of drug-likeness (QED) is 0.714. The molecule has 16 heavy (non-hydrogen) atoms. The van der Waals surface area contributed by atoms with Crippen LogP contribution >= 0.6 is 0 Å². The molecule has 0 saturated carbocycles. The van der Waals surface area contributed by atoms with Gasteiger partial charge in [0, 0.05) is 17.7 Å². The molecule has 0 saturated heterocycles. The number of rotatable bonds is 2. The normalized spacial score (nSPS) is 11.8. The fourth-order valence-electron chi connectivity index (χ4n) is 1.46. The standard InChI is InChI=1S/C12H12N2O2/c1-3-9(2)11-12(15)16-13-14(11)10-7-5-4-6-8-10/h3-8H,1-2H3/b9-3+. The van der Waals surface area contributed by atoms with Gasteiger partial charge < -0.3 is 9.63 Å². The first-order valence-corrected chi connectivity index (χ1v) is 5.01. The van der Waals surface area contributed by atoms with Gasteiger partial charge in [-0.2, -0.15) is 0 Å². The molecule has 0 aliphatic heterocycles. The van der Waals surface area contributed by atoms with Gasteiger partial charge in [0.1, 0.15) is 0 Å². The van der Waals surface area contributed by atoms with Gasteiger partial charge in [-0.1, -0.05) is 24.3 Å². The fourth-order valence-corrected chi connectivity index (χ4v) is 1.46.